The number of amides is 1. The van der Waals surface area contributed by atoms with Crippen molar-refractivity contribution in [3.05, 3.63) is 24.3 Å². The van der Waals surface area contributed by atoms with Crippen molar-refractivity contribution in [1.29, 1.82) is 0 Å². The average molecular weight is 324 g/mol. The molecule has 1 aromatic rings. The van der Waals surface area contributed by atoms with Crippen LogP contribution in [-0.4, -0.2) is 42.0 Å². The highest BCUT2D eigenvalue weighted by molar-refractivity contribution is 5.85. The van der Waals surface area contributed by atoms with Crippen molar-refractivity contribution < 1.29 is 24.2 Å². The van der Waals surface area contributed by atoms with Crippen LogP contribution in [0.3, 0.4) is 0 Å². The van der Waals surface area contributed by atoms with Crippen LogP contribution in [0.4, 0.5) is 10.5 Å². The standard InChI is InChI=1S/C16H24N2O5/c1-11(14(19)20)17-8-9-22-13-7-5-6-12(10-13)18-15(21)23-16(2,3)4/h5-7,10-11,17H,8-9H2,1-4H3,(H,18,21)(H,19,20). The molecule has 0 spiro atoms. The molecule has 128 valence electrons. The van der Waals surface area contributed by atoms with E-state index < -0.39 is 23.7 Å². The van der Waals surface area contributed by atoms with Crippen molar-refractivity contribution in [3.8, 4) is 5.75 Å². The van der Waals surface area contributed by atoms with Crippen molar-refractivity contribution in [2.45, 2.75) is 39.3 Å². The molecule has 0 aliphatic carbocycles. The molecule has 0 aromatic heterocycles. The maximum Gasteiger partial charge on any atom is 0.412 e. The van der Waals surface area contributed by atoms with Crippen LogP contribution in [0, 0.1) is 0 Å². The predicted octanol–water partition coefficient (Wildman–Crippen LogP) is 2.48. The Labute approximate surface area is 136 Å². The van der Waals surface area contributed by atoms with E-state index in [1.807, 2.05) is 0 Å². The normalized spacial score (nSPS) is 12.3. The van der Waals surface area contributed by atoms with Crippen LogP contribution in [-0.2, 0) is 9.53 Å². The quantitative estimate of drug-likeness (QED) is 0.667. The lowest BCUT2D eigenvalue weighted by atomic mass is 10.2. The van der Waals surface area contributed by atoms with Gasteiger partial charge in [0.1, 0.15) is 24.0 Å². The van der Waals surface area contributed by atoms with Crippen molar-refractivity contribution >= 4 is 17.7 Å². The molecule has 3 N–H and O–H groups in total. The van der Waals surface area contributed by atoms with Crippen LogP contribution >= 0.6 is 0 Å². The summed E-state index contributed by atoms with van der Waals surface area (Å²) in [5.74, 6) is -0.336. The Kier molecular flexibility index (Phi) is 6.84. The van der Waals surface area contributed by atoms with Gasteiger partial charge in [0, 0.05) is 18.3 Å². The second-order valence-corrected chi connectivity index (χ2v) is 6.02. The lowest BCUT2D eigenvalue weighted by Crippen LogP contribution is -2.36. The van der Waals surface area contributed by atoms with Gasteiger partial charge in [-0.1, -0.05) is 6.07 Å². The molecule has 1 amide bonds. The number of carboxylic acid groups (broad SMARTS) is 1. The zero-order valence-electron chi connectivity index (χ0n) is 13.9. The number of carbonyl (C=O) groups is 2. The highest BCUT2D eigenvalue weighted by Gasteiger charge is 2.16. The Morgan fingerprint density at radius 1 is 1.30 bits per heavy atom. The van der Waals surface area contributed by atoms with E-state index in [1.54, 1.807) is 52.0 Å². The first-order chi connectivity index (χ1) is 10.7. The van der Waals surface area contributed by atoms with Gasteiger partial charge >= 0.3 is 12.1 Å². The highest BCUT2D eigenvalue weighted by atomic mass is 16.6. The molecule has 7 heteroatoms. The molecule has 7 nitrogen and oxygen atoms in total. The van der Waals surface area contributed by atoms with Gasteiger partial charge in [0.2, 0.25) is 0 Å². The van der Waals surface area contributed by atoms with E-state index in [1.165, 1.54) is 0 Å². The molecule has 0 aliphatic rings. The fourth-order valence-corrected chi connectivity index (χ4v) is 1.62. The van der Waals surface area contributed by atoms with E-state index in [0.29, 0.717) is 24.6 Å². The SMILES string of the molecule is CC(NCCOc1cccc(NC(=O)OC(C)(C)C)c1)C(=O)O. The second-order valence-electron chi connectivity index (χ2n) is 6.02. The number of anilines is 1. The molecule has 0 radical (unpaired) electrons. The molecule has 0 heterocycles. The molecule has 1 unspecified atom stereocenters. The van der Waals surface area contributed by atoms with Gasteiger partial charge in [-0.2, -0.15) is 0 Å². The van der Waals surface area contributed by atoms with Crippen LogP contribution in [0.2, 0.25) is 0 Å². The van der Waals surface area contributed by atoms with Gasteiger partial charge in [-0.3, -0.25) is 10.1 Å². The van der Waals surface area contributed by atoms with Gasteiger partial charge in [-0.25, -0.2) is 4.79 Å². The summed E-state index contributed by atoms with van der Waals surface area (Å²) in [6, 6.07) is 6.27. The lowest BCUT2D eigenvalue weighted by molar-refractivity contribution is -0.139. The molecule has 0 saturated carbocycles. The molecule has 0 aliphatic heterocycles. The van der Waals surface area contributed by atoms with E-state index in [0.717, 1.165) is 0 Å². The predicted molar refractivity (Wildman–Crippen MR) is 86.9 cm³/mol. The van der Waals surface area contributed by atoms with Gasteiger partial charge in [-0.15, -0.1) is 0 Å². The molecular formula is C16H24N2O5. The number of hydrogen-bond acceptors (Lipinski definition) is 5. The van der Waals surface area contributed by atoms with Gasteiger partial charge in [-0.05, 0) is 39.8 Å². The molecule has 1 aromatic carbocycles. The number of benzene rings is 1. The zero-order chi connectivity index (χ0) is 17.5. The van der Waals surface area contributed by atoms with Crippen molar-refractivity contribution in [1.82, 2.24) is 5.32 Å². The minimum atomic E-state index is -0.909. The summed E-state index contributed by atoms with van der Waals surface area (Å²) in [6.07, 6.45) is -0.536. The highest BCUT2D eigenvalue weighted by Crippen LogP contribution is 2.18. The molecular weight excluding hydrogens is 300 g/mol. The molecule has 0 saturated heterocycles. The minimum Gasteiger partial charge on any atom is -0.492 e. The fourth-order valence-electron chi connectivity index (χ4n) is 1.62. The van der Waals surface area contributed by atoms with Crippen LogP contribution in [0.1, 0.15) is 27.7 Å². The Balaban J connectivity index is 2.44. The summed E-state index contributed by atoms with van der Waals surface area (Å²) in [4.78, 5) is 22.4. The van der Waals surface area contributed by atoms with Crippen molar-refractivity contribution in [2.75, 3.05) is 18.5 Å². The third kappa shape index (κ3) is 8.06. The van der Waals surface area contributed by atoms with Gasteiger partial charge < -0.3 is 19.9 Å². The summed E-state index contributed by atoms with van der Waals surface area (Å²) in [6.45, 7) is 7.64. The third-order valence-corrected chi connectivity index (χ3v) is 2.67. The van der Waals surface area contributed by atoms with Gasteiger partial charge in [0.25, 0.3) is 0 Å². The van der Waals surface area contributed by atoms with Crippen molar-refractivity contribution in [3.63, 3.8) is 0 Å². The van der Waals surface area contributed by atoms with Crippen LogP contribution in [0.15, 0.2) is 24.3 Å². The molecule has 0 fully saturated rings. The van der Waals surface area contributed by atoms with E-state index >= 15 is 0 Å². The van der Waals surface area contributed by atoms with E-state index in [2.05, 4.69) is 10.6 Å². The number of carbonyl (C=O) groups excluding carboxylic acids is 1. The Morgan fingerprint density at radius 2 is 2.00 bits per heavy atom. The average Bonchev–Trinajstić information content (AvgIpc) is 2.41. The molecule has 1 rings (SSSR count). The molecule has 0 bridgehead atoms. The maximum absolute atomic E-state index is 11.7. The minimum absolute atomic E-state index is 0.313. The second kappa shape index (κ2) is 8.38. The number of carboxylic acids is 1. The smallest absolute Gasteiger partial charge is 0.412 e. The molecule has 1 atom stereocenters. The molecule has 23 heavy (non-hydrogen) atoms. The van der Waals surface area contributed by atoms with Gasteiger partial charge in [0.05, 0.1) is 0 Å². The van der Waals surface area contributed by atoms with Gasteiger partial charge in [0.15, 0.2) is 0 Å². The Morgan fingerprint density at radius 3 is 2.61 bits per heavy atom. The first kappa shape index (κ1) is 18.8. The number of rotatable bonds is 7. The summed E-state index contributed by atoms with van der Waals surface area (Å²) in [5, 5.41) is 14.2. The summed E-state index contributed by atoms with van der Waals surface area (Å²) >= 11 is 0. The number of ether oxygens (including phenoxy) is 2. The Bertz CT molecular complexity index is 540. The lowest BCUT2D eigenvalue weighted by Gasteiger charge is -2.19. The van der Waals surface area contributed by atoms with Crippen molar-refractivity contribution in [2.24, 2.45) is 0 Å². The topological polar surface area (TPSA) is 96.9 Å². The number of hydrogen-bond donors (Lipinski definition) is 3. The van der Waals surface area contributed by atoms with E-state index in [-0.39, 0.29) is 0 Å². The number of aliphatic carboxylic acids is 1. The monoisotopic (exact) mass is 324 g/mol. The summed E-state index contributed by atoms with van der Waals surface area (Å²) in [7, 11) is 0. The Hall–Kier alpha value is -2.28. The first-order valence-electron chi connectivity index (χ1n) is 7.36. The maximum atomic E-state index is 11.7. The zero-order valence-corrected chi connectivity index (χ0v) is 13.9. The largest absolute Gasteiger partial charge is 0.492 e. The van der Waals surface area contributed by atoms with E-state index in [4.69, 9.17) is 14.6 Å². The summed E-state index contributed by atoms with van der Waals surface area (Å²) in [5.41, 5.74) is -0.00588. The van der Waals surface area contributed by atoms with Crippen LogP contribution < -0.4 is 15.4 Å². The first-order valence-corrected chi connectivity index (χ1v) is 7.36. The third-order valence-electron chi connectivity index (χ3n) is 2.67. The fraction of sp³-hybridized carbons (Fsp3) is 0.500. The number of nitrogens with one attached hydrogen (secondary N) is 2. The van der Waals surface area contributed by atoms with Crippen LogP contribution in [0.5, 0.6) is 5.75 Å². The van der Waals surface area contributed by atoms with Crippen LogP contribution in [0.25, 0.3) is 0 Å². The van der Waals surface area contributed by atoms with E-state index in [9.17, 15) is 9.59 Å². The summed E-state index contributed by atoms with van der Waals surface area (Å²) < 4.78 is 10.7.